The van der Waals surface area contributed by atoms with Gasteiger partial charge >= 0.3 is 0 Å². The standard InChI is InChI=1S/C18H18N2O2S2/c1-12-20-16(11-23-12)17-8-7-15(24-17)9-10-19-18(21)13-3-5-14(22-2)6-4-13/h3-8,11H,9-10H2,1-2H3,(H,19,21). The van der Waals surface area contributed by atoms with Gasteiger partial charge in [-0.1, -0.05) is 0 Å². The Balaban J connectivity index is 1.52. The Hall–Kier alpha value is -2.18. The van der Waals surface area contributed by atoms with Crippen molar-refractivity contribution in [2.75, 3.05) is 13.7 Å². The summed E-state index contributed by atoms with van der Waals surface area (Å²) in [6, 6.07) is 11.3. The van der Waals surface area contributed by atoms with Crippen molar-refractivity contribution < 1.29 is 9.53 Å². The highest BCUT2D eigenvalue weighted by Gasteiger charge is 2.08. The van der Waals surface area contributed by atoms with Crippen LogP contribution in [-0.4, -0.2) is 24.5 Å². The quantitative estimate of drug-likeness (QED) is 0.720. The van der Waals surface area contributed by atoms with Gasteiger partial charge in [0.2, 0.25) is 0 Å². The van der Waals surface area contributed by atoms with E-state index in [1.807, 2.05) is 6.92 Å². The van der Waals surface area contributed by atoms with Crippen LogP contribution in [0.25, 0.3) is 10.6 Å². The number of amides is 1. The van der Waals surface area contributed by atoms with Gasteiger partial charge in [0.15, 0.2) is 0 Å². The molecule has 6 heteroatoms. The number of carbonyl (C=O) groups is 1. The van der Waals surface area contributed by atoms with Gasteiger partial charge in [0.05, 0.1) is 22.7 Å². The van der Waals surface area contributed by atoms with Crippen molar-refractivity contribution in [3.8, 4) is 16.3 Å². The fourth-order valence-electron chi connectivity index (χ4n) is 2.27. The number of rotatable bonds is 6. The lowest BCUT2D eigenvalue weighted by Gasteiger charge is -2.05. The van der Waals surface area contributed by atoms with Crippen LogP contribution in [0.2, 0.25) is 0 Å². The molecule has 24 heavy (non-hydrogen) atoms. The van der Waals surface area contributed by atoms with Crippen LogP contribution in [0.3, 0.4) is 0 Å². The molecule has 0 bridgehead atoms. The number of benzene rings is 1. The maximum absolute atomic E-state index is 12.1. The molecule has 0 aliphatic carbocycles. The Labute approximate surface area is 149 Å². The highest BCUT2D eigenvalue weighted by Crippen LogP contribution is 2.29. The minimum absolute atomic E-state index is 0.0652. The van der Waals surface area contributed by atoms with Crippen molar-refractivity contribution in [2.45, 2.75) is 13.3 Å². The number of hydrogen-bond donors (Lipinski definition) is 1. The van der Waals surface area contributed by atoms with Crippen LogP contribution in [0.1, 0.15) is 20.2 Å². The van der Waals surface area contributed by atoms with E-state index >= 15 is 0 Å². The number of ether oxygens (including phenoxy) is 1. The van der Waals surface area contributed by atoms with Crippen molar-refractivity contribution in [1.29, 1.82) is 0 Å². The number of thiophene rings is 1. The first-order chi connectivity index (χ1) is 11.7. The Morgan fingerprint density at radius 2 is 2.00 bits per heavy atom. The van der Waals surface area contributed by atoms with E-state index in [2.05, 4.69) is 27.8 Å². The summed E-state index contributed by atoms with van der Waals surface area (Å²) in [5, 5.41) is 6.11. The summed E-state index contributed by atoms with van der Waals surface area (Å²) in [6.45, 7) is 2.62. The topological polar surface area (TPSA) is 51.2 Å². The first kappa shape index (κ1) is 16.7. The van der Waals surface area contributed by atoms with Crippen LogP contribution in [0.4, 0.5) is 0 Å². The zero-order valence-electron chi connectivity index (χ0n) is 13.5. The fraction of sp³-hybridized carbons (Fsp3) is 0.222. The van der Waals surface area contributed by atoms with Crippen molar-refractivity contribution >= 4 is 28.6 Å². The van der Waals surface area contributed by atoms with E-state index in [9.17, 15) is 4.79 Å². The number of nitrogens with one attached hydrogen (secondary N) is 1. The molecule has 0 fully saturated rings. The van der Waals surface area contributed by atoms with Gasteiger partial charge < -0.3 is 10.1 Å². The average Bonchev–Trinajstić information content (AvgIpc) is 3.24. The van der Waals surface area contributed by atoms with Gasteiger partial charge in [-0.15, -0.1) is 22.7 Å². The highest BCUT2D eigenvalue weighted by atomic mass is 32.1. The molecule has 1 amide bonds. The van der Waals surface area contributed by atoms with E-state index in [0.717, 1.165) is 22.9 Å². The number of aryl methyl sites for hydroxylation is 1. The molecule has 0 atom stereocenters. The summed E-state index contributed by atoms with van der Waals surface area (Å²) < 4.78 is 5.09. The lowest BCUT2D eigenvalue weighted by Crippen LogP contribution is -2.25. The molecule has 4 nitrogen and oxygen atoms in total. The number of carbonyl (C=O) groups excluding carboxylic acids is 1. The fourth-order valence-corrected chi connectivity index (χ4v) is 3.93. The molecular weight excluding hydrogens is 340 g/mol. The largest absolute Gasteiger partial charge is 0.497 e. The van der Waals surface area contributed by atoms with Crippen LogP contribution in [-0.2, 0) is 6.42 Å². The molecule has 0 saturated heterocycles. The number of thiazole rings is 1. The number of nitrogens with zero attached hydrogens (tertiary/aromatic N) is 1. The lowest BCUT2D eigenvalue weighted by molar-refractivity contribution is 0.0954. The molecule has 2 heterocycles. The molecule has 1 N–H and O–H groups in total. The third kappa shape index (κ3) is 4.01. The van der Waals surface area contributed by atoms with Crippen LogP contribution < -0.4 is 10.1 Å². The second-order valence-electron chi connectivity index (χ2n) is 5.25. The maximum Gasteiger partial charge on any atom is 0.251 e. The Morgan fingerprint density at radius 1 is 1.21 bits per heavy atom. The van der Waals surface area contributed by atoms with E-state index in [4.69, 9.17) is 4.74 Å². The van der Waals surface area contributed by atoms with Gasteiger partial charge in [0.1, 0.15) is 5.75 Å². The summed E-state index contributed by atoms with van der Waals surface area (Å²) >= 11 is 3.39. The van der Waals surface area contributed by atoms with E-state index in [-0.39, 0.29) is 5.91 Å². The maximum atomic E-state index is 12.1. The van der Waals surface area contributed by atoms with E-state index in [0.29, 0.717) is 12.1 Å². The molecule has 0 aliphatic rings. The minimum Gasteiger partial charge on any atom is -0.497 e. The van der Waals surface area contributed by atoms with Gasteiger partial charge in [-0.3, -0.25) is 4.79 Å². The van der Waals surface area contributed by atoms with Gasteiger partial charge in [0.25, 0.3) is 5.91 Å². The molecule has 3 aromatic rings. The highest BCUT2D eigenvalue weighted by molar-refractivity contribution is 7.16. The molecule has 0 spiro atoms. The van der Waals surface area contributed by atoms with Gasteiger partial charge in [-0.2, -0.15) is 0 Å². The number of methoxy groups -OCH3 is 1. The van der Waals surface area contributed by atoms with Crippen LogP contribution in [0.5, 0.6) is 5.75 Å². The minimum atomic E-state index is -0.0652. The first-order valence-corrected chi connectivity index (χ1v) is 9.29. The third-order valence-corrected chi connectivity index (χ3v) is 5.48. The Kier molecular flexibility index (Phi) is 5.27. The van der Waals surface area contributed by atoms with Crippen molar-refractivity contribution in [2.24, 2.45) is 0 Å². The van der Waals surface area contributed by atoms with Crippen molar-refractivity contribution in [1.82, 2.24) is 10.3 Å². The molecule has 0 saturated carbocycles. The van der Waals surface area contributed by atoms with Crippen molar-refractivity contribution in [3.63, 3.8) is 0 Å². The summed E-state index contributed by atoms with van der Waals surface area (Å²) in [4.78, 5) is 19.0. The Morgan fingerprint density at radius 3 is 2.67 bits per heavy atom. The third-order valence-electron chi connectivity index (χ3n) is 3.54. The van der Waals surface area contributed by atoms with Crippen molar-refractivity contribution in [3.05, 3.63) is 57.2 Å². The van der Waals surface area contributed by atoms with Gasteiger partial charge in [-0.05, 0) is 49.7 Å². The lowest BCUT2D eigenvalue weighted by atomic mass is 10.2. The summed E-state index contributed by atoms with van der Waals surface area (Å²) in [7, 11) is 1.61. The Bertz CT molecular complexity index is 822. The SMILES string of the molecule is COc1ccc(C(=O)NCCc2ccc(-c3csc(C)n3)s2)cc1. The number of hydrogen-bond acceptors (Lipinski definition) is 5. The zero-order chi connectivity index (χ0) is 16.9. The molecule has 3 rings (SSSR count). The first-order valence-electron chi connectivity index (χ1n) is 7.59. The monoisotopic (exact) mass is 358 g/mol. The summed E-state index contributed by atoms with van der Waals surface area (Å²) in [6.07, 6.45) is 0.815. The molecule has 124 valence electrons. The van der Waals surface area contributed by atoms with Crippen LogP contribution >= 0.6 is 22.7 Å². The second kappa shape index (κ2) is 7.59. The molecule has 0 radical (unpaired) electrons. The summed E-state index contributed by atoms with van der Waals surface area (Å²) in [5.41, 5.74) is 1.68. The number of aromatic nitrogens is 1. The van der Waals surface area contributed by atoms with Crippen LogP contribution in [0, 0.1) is 6.92 Å². The van der Waals surface area contributed by atoms with E-state index < -0.39 is 0 Å². The normalized spacial score (nSPS) is 10.6. The molecule has 1 aromatic carbocycles. The van der Waals surface area contributed by atoms with Gasteiger partial charge in [0, 0.05) is 22.4 Å². The molecule has 2 aromatic heterocycles. The molecular formula is C18H18N2O2S2. The van der Waals surface area contributed by atoms with E-state index in [1.165, 1.54) is 9.75 Å². The predicted octanol–water partition coefficient (Wildman–Crippen LogP) is 4.16. The second-order valence-corrected chi connectivity index (χ2v) is 7.48. The van der Waals surface area contributed by atoms with Crippen LogP contribution in [0.15, 0.2) is 41.8 Å². The average molecular weight is 358 g/mol. The summed E-state index contributed by atoms with van der Waals surface area (Å²) in [5.74, 6) is 0.680. The smallest absolute Gasteiger partial charge is 0.251 e. The molecule has 0 aliphatic heterocycles. The van der Waals surface area contributed by atoms with E-state index in [1.54, 1.807) is 54.0 Å². The van der Waals surface area contributed by atoms with Gasteiger partial charge in [-0.25, -0.2) is 4.98 Å². The predicted molar refractivity (Wildman–Crippen MR) is 99.2 cm³/mol. The zero-order valence-corrected chi connectivity index (χ0v) is 15.2. The molecule has 0 unspecified atom stereocenters.